The van der Waals surface area contributed by atoms with Gasteiger partial charge in [-0.05, 0) is 139 Å². The highest BCUT2D eigenvalue weighted by atomic mass is 32.1. The number of fused-ring (bicyclic) bond motifs is 15. The Kier molecular flexibility index (Phi) is 9.12. The van der Waals surface area contributed by atoms with Gasteiger partial charge in [0.05, 0.1) is 27.2 Å². The van der Waals surface area contributed by atoms with E-state index in [2.05, 4.69) is 278 Å². The minimum Gasteiger partial charge on any atom is -0.310 e. The van der Waals surface area contributed by atoms with Crippen LogP contribution in [-0.2, 0) is 10.8 Å². The lowest BCUT2D eigenvalue weighted by molar-refractivity contribution is 0.660. The van der Waals surface area contributed by atoms with Gasteiger partial charge in [-0.3, -0.25) is 0 Å². The van der Waals surface area contributed by atoms with E-state index >= 15 is 0 Å². The first-order chi connectivity index (χ1) is 36.0. The Labute approximate surface area is 430 Å². The van der Waals surface area contributed by atoms with Gasteiger partial charge in [0.2, 0.25) is 0 Å². The molecule has 1 spiro atoms. The van der Waals surface area contributed by atoms with E-state index in [9.17, 15) is 0 Å². The molecule has 0 atom stereocenters. The molecule has 3 heteroatoms. The second-order valence-corrected chi connectivity index (χ2v) is 21.4. The van der Waals surface area contributed by atoms with Crippen LogP contribution >= 0.6 is 11.3 Å². The summed E-state index contributed by atoms with van der Waals surface area (Å²) in [7, 11) is 0. The maximum atomic E-state index is 2.53. The molecule has 0 N–H and O–H groups in total. The molecule has 0 amide bonds. The van der Waals surface area contributed by atoms with Crippen molar-refractivity contribution in [1.29, 1.82) is 0 Å². The summed E-state index contributed by atoms with van der Waals surface area (Å²) in [5, 5.41) is 2.54. The maximum absolute atomic E-state index is 2.53. The summed E-state index contributed by atoms with van der Waals surface area (Å²) in [6, 6.07) is 95.2. The molecule has 73 heavy (non-hydrogen) atoms. The third kappa shape index (κ3) is 5.97. The molecule has 1 aromatic heterocycles. The molecular formula is C70H48N2S. The van der Waals surface area contributed by atoms with Crippen LogP contribution in [0.1, 0.15) is 47.2 Å². The number of benzene rings is 11. The van der Waals surface area contributed by atoms with Gasteiger partial charge in [0.1, 0.15) is 0 Å². The molecule has 0 radical (unpaired) electrons. The summed E-state index contributed by atoms with van der Waals surface area (Å²) < 4.78 is 2.56. The summed E-state index contributed by atoms with van der Waals surface area (Å²) >= 11 is 1.92. The van der Waals surface area contributed by atoms with E-state index in [0.29, 0.717) is 0 Å². The van der Waals surface area contributed by atoms with Crippen LogP contribution in [-0.4, -0.2) is 0 Å². The fourth-order valence-electron chi connectivity index (χ4n) is 13.0. The first-order valence-corrected chi connectivity index (χ1v) is 26.2. The molecule has 0 saturated heterocycles. The molecule has 2 aliphatic carbocycles. The third-order valence-electron chi connectivity index (χ3n) is 16.3. The number of para-hydroxylation sites is 3. The predicted octanol–water partition coefficient (Wildman–Crippen LogP) is 19.3. The molecule has 0 unspecified atom stereocenters. The smallest absolute Gasteiger partial charge is 0.0754 e. The first-order valence-electron chi connectivity index (χ1n) is 25.4. The molecule has 0 fully saturated rings. The lowest BCUT2D eigenvalue weighted by Crippen LogP contribution is -2.36. The van der Waals surface area contributed by atoms with Crippen molar-refractivity contribution in [3.8, 4) is 44.5 Å². The Bertz CT molecular complexity index is 4140. The molecule has 2 heterocycles. The number of hydrogen-bond acceptors (Lipinski definition) is 3. The molecule has 3 aliphatic rings. The van der Waals surface area contributed by atoms with Gasteiger partial charge in [-0.1, -0.05) is 208 Å². The van der Waals surface area contributed by atoms with Crippen LogP contribution in [0.3, 0.4) is 0 Å². The van der Waals surface area contributed by atoms with Crippen molar-refractivity contribution in [3.63, 3.8) is 0 Å². The second kappa shape index (κ2) is 15.9. The second-order valence-electron chi connectivity index (χ2n) is 20.3. The van der Waals surface area contributed by atoms with E-state index in [4.69, 9.17) is 0 Å². The maximum Gasteiger partial charge on any atom is 0.0754 e. The summed E-state index contributed by atoms with van der Waals surface area (Å²) in [5.74, 6) is 0. The minimum absolute atomic E-state index is 0.137. The number of hydrogen-bond donors (Lipinski definition) is 0. The Morgan fingerprint density at radius 2 is 0.849 bits per heavy atom. The zero-order valence-corrected chi connectivity index (χ0v) is 41.4. The lowest BCUT2D eigenvalue weighted by atomic mass is 9.64. The fourth-order valence-corrected chi connectivity index (χ4v) is 14.4. The Balaban J connectivity index is 0.926. The quantitative estimate of drug-likeness (QED) is 0.164. The van der Waals surface area contributed by atoms with Crippen LogP contribution in [0.4, 0.5) is 34.1 Å². The summed E-state index contributed by atoms with van der Waals surface area (Å²) in [4.78, 5) is 4.96. The Morgan fingerprint density at radius 1 is 0.342 bits per heavy atom. The summed E-state index contributed by atoms with van der Waals surface area (Å²) in [6.07, 6.45) is 0. The largest absolute Gasteiger partial charge is 0.310 e. The molecule has 2 nitrogen and oxygen atoms in total. The Morgan fingerprint density at radius 3 is 1.58 bits per heavy atom. The van der Waals surface area contributed by atoms with E-state index < -0.39 is 5.41 Å². The molecule has 344 valence electrons. The van der Waals surface area contributed by atoms with Gasteiger partial charge in [0, 0.05) is 37.9 Å². The van der Waals surface area contributed by atoms with Crippen molar-refractivity contribution in [3.05, 3.63) is 288 Å². The highest BCUT2D eigenvalue weighted by Gasteiger charge is 2.51. The summed E-state index contributed by atoms with van der Waals surface area (Å²) in [6.45, 7) is 4.75. The SMILES string of the molecule is CC1(C)c2ccccc2-c2ccc(N(c3ccc(-c4ccccc4)cc3)c3cccc4c3sc3c(-c5ccc6c(c5)C5(c7ccccc7-6)c6ccccc6N(c6ccccc6)c6ccccc65)cccc34)cc21. The van der Waals surface area contributed by atoms with Crippen molar-refractivity contribution in [2.45, 2.75) is 24.7 Å². The highest BCUT2D eigenvalue weighted by molar-refractivity contribution is 7.27. The molecule has 0 saturated carbocycles. The zero-order valence-electron chi connectivity index (χ0n) is 40.6. The van der Waals surface area contributed by atoms with Crippen LogP contribution < -0.4 is 9.80 Å². The monoisotopic (exact) mass is 948 g/mol. The van der Waals surface area contributed by atoms with Gasteiger partial charge in [0.15, 0.2) is 0 Å². The van der Waals surface area contributed by atoms with Crippen LogP contribution in [0.15, 0.2) is 255 Å². The van der Waals surface area contributed by atoms with Gasteiger partial charge in [-0.2, -0.15) is 0 Å². The molecule has 11 aromatic carbocycles. The van der Waals surface area contributed by atoms with Crippen LogP contribution in [0, 0.1) is 0 Å². The van der Waals surface area contributed by atoms with Crippen molar-refractivity contribution in [2.24, 2.45) is 0 Å². The van der Waals surface area contributed by atoms with E-state index in [1.807, 2.05) is 11.3 Å². The van der Waals surface area contributed by atoms with Crippen molar-refractivity contribution in [2.75, 3.05) is 9.80 Å². The van der Waals surface area contributed by atoms with Gasteiger partial charge in [-0.25, -0.2) is 0 Å². The van der Waals surface area contributed by atoms with Gasteiger partial charge in [0.25, 0.3) is 0 Å². The number of rotatable bonds is 6. The van der Waals surface area contributed by atoms with Crippen LogP contribution in [0.2, 0.25) is 0 Å². The minimum atomic E-state index is -0.538. The van der Waals surface area contributed by atoms with Gasteiger partial charge >= 0.3 is 0 Å². The Hall–Kier alpha value is -8.76. The van der Waals surface area contributed by atoms with Crippen molar-refractivity contribution in [1.82, 2.24) is 0 Å². The number of anilines is 6. The van der Waals surface area contributed by atoms with E-state index in [0.717, 1.165) is 17.1 Å². The average Bonchev–Trinajstić information content (AvgIpc) is 4.09. The van der Waals surface area contributed by atoms with Gasteiger partial charge < -0.3 is 9.80 Å². The standard InChI is InChI=1S/C70H48N2S/c1-69(2)58-28-11-9-23-52(58)54-42-40-50(44-62(54)69)71(49-38-35-46(36-39-49)45-19-5-3-6-20-45)66-34-18-27-57-56-26-17-25-51(67(56)73-68(57)66)47-37-41-55-53-24-10-12-29-59(53)70(63(55)43-47)60-30-13-15-32-64(60)72(48-21-7-4-8-22-48)65-33-16-14-31-61(65)70/h3-44H,1-2H3. The van der Waals surface area contributed by atoms with E-state index in [-0.39, 0.29) is 5.41 Å². The predicted molar refractivity (Wildman–Crippen MR) is 308 cm³/mol. The zero-order chi connectivity index (χ0) is 48.4. The van der Waals surface area contributed by atoms with E-state index in [1.54, 1.807) is 0 Å². The highest BCUT2D eigenvalue weighted by Crippen LogP contribution is 2.64. The van der Waals surface area contributed by atoms with Crippen LogP contribution in [0.5, 0.6) is 0 Å². The van der Waals surface area contributed by atoms with Gasteiger partial charge in [-0.15, -0.1) is 11.3 Å². The third-order valence-corrected chi connectivity index (χ3v) is 17.5. The topological polar surface area (TPSA) is 6.48 Å². The van der Waals surface area contributed by atoms with Crippen molar-refractivity contribution < 1.29 is 0 Å². The first kappa shape index (κ1) is 42.0. The molecule has 0 bridgehead atoms. The van der Waals surface area contributed by atoms with Crippen molar-refractivity contribution >= 4 is 65.6 Å². The van der Waals surface area contributed by atoms with E-state index in [1.165, 1.54) is 115 Å². The average molecular weight is 949 g/mol. The number of thiophene rings is 1. The summed E-state index contributed by atoms with van der Waals surface area (Å²) in [5.41, 5.74) is 24.4. The molecule has 1 aliphatic heterocycles. The molecular weight excluding hydrogens is 901 g/mol. The lowest BCUT2D eigenvalue weighted by Gasteiger charge is -2.45. The molecule has 15 rings (SSSR count). The normalized spacial score (nSPS) is 14.1. The fraction of sp³-hybridized carbons (Fsp3) is 0.0571. The number of nitrogens with zero attached hydrogens (tertiary/aromatic N) is 2. The van der Waals surface area contributed by atoms with Crippen LogP contribution in [0.25, 0.3) is 64.7 Å². The molecule has 12 aromatic rings.